The molecule has 0 saturated carbocycles. The second-order valence-electron chi connectivity index (χ2n) is 4.04. The highest BCUT2D eigenvalue weighted by Crippen LogP contribution is 2.27. The number of aldehydes is 1. The van der Waals surface area contributed by atoms with E-state index in [1.54, 1.807) is 6.07 Å². The van der Waals surface area contributed by atoms with Crippen LogP contribution in [0.2, 0.25) is 5.02 Å². The molecule has 84 valence electrons. The number of hydrogen-bond acceptors (Lipinski definition) is 2. The fourth-order valence-corrected chi connectivity index (χ4v) is 2.12. The van der Waals surface area contributed by atoms with Gasteiger partial charge in [-0.25, -0.2) is 0 Å². The van der Waals surface area contributed by atoms with Crippen LogP contribution < -0.4 is 4.90 Å². The quantitative estimate of drug-likeness (QED) is 0.579. The van der Waals surface area contributed by atoms with Crippen molar-refractivity contribution in [2.24, 2.45) is 0 Å². The molecule has 0 spiro atoms. The number of carbonyl (C=O) groups excluding carboxylic acids is 1. The number of nitrogens with zero attached hydrogens (tertiary/aromatic N) is 1. The van der Waals surface area contributed by atoms with Crippen molar-refractivity contribution in [3.63, 3.8) is 0 Å². The molecule has 1 aliphatic heterocycles. The average molecular weight is 236 g/mol. The maximum atomic E-state index is 11.0. The van der Waals surface area contributed by atoms with Gasteiger partial charge in [0, 0.05) is 18.8 Å². The normalized spacial score (nSPS) is 15.9. The van der Waals surface area contributed by atoms with Crippen LogP contribution in [0.25, 0.3) is 0 Å². The van der Waals surface area contributed by atoms with Crippen LogP contribution in [0.1, 0.15) is 23.7 Å². The molecule has 0 amide bonds. The summed E-state index contributed by atoms with van der Waals surface area (Å²) in [5.41, 5.74) is 2.94. The molecule has 1 aromatic carbocycles. The number of benzene rings is 1. The molecule has 0 atom stereocenters. The van der Waals surface area contributed by atoms with E-state index in [4.69, 9.17) is 11.6 Å². The van der Waals surface area contributed by atoms with Crippen LogP contribution in [0, 0.1) is 0 Å². The highest BCUT2D eigenvalue weighted by molar-refractivity contribution is 6.33. The lowest BCUT2D eigenvalue weighted by atomic mass is 10.1. The Morgan fingerprint density at radius 3 is 2.88 bits per heavy atom. The summed E-state index contributed by atoms with van der Waals surface area (Å²) in [6.07, 6.45) is 4.08. The van der Waals surface area contributed by atoms with Gasteiger partial charge in [-0.1, -0.05) is 29.3 Å². The molecule has 0 bridgehead atoms. The Balaban J connectivity index is 2.34. The lowest BCUT2D eigenvalue weighted by Crippen LogP contribution is -2.29. The van der Waals surface area contributed by atoms with Crippen LogP contribution in [0.4, 0.5) is 5.69 Å². The number of halogens is 1. The van der Waals surface area contributed by atoms with E-state index in [0.29, 0.717) is 10.6 Å². The largest absolute Gasteiger partial charge is 0.367 e. The van der Waals surface area contributed by atoms with Crippen molar-refractivity contribution in [2.45, 2.75) is 13.3 Å². The minimum absolute atomic E-state index is 0.527. The van der Waals surface area contributed by atoms with E-state index >= 15 is 0 Å². The Morgan fingerprint density at radius 2 is 2.25 bits per heavy atom. The zero-order chi connectivity index (χ0) is 11.5. The Hall–Kier alpha value is -1.28. The first-order valence-corrected chi connectivity index (χ1v) is 5.74. The fraction of sp³-hybridized carbons (Fsp3) is 0.308. The topological polar surface area (TPSA) is 20.3 Å². The van der Waals surface area contributed by atoms with Crippen molar-refractivity contribution in [3.05, 3.63) is 40.4 Å². The molecule has 0 saturated heterocycles. The van der Waals surface area contributed by atoms with Gasteiger partial charge in [0.15, 0.2) is 6.29 Å². The standard InChI is InChI=1S/C13H14ClNO/c1-10-5-7-15(8-6-10)13-4-2-3-12(14)11(13)9-16/h2-5,9H,6-8H2,1H3. The number of hydrogen-bond donors (Lipinski definition) is 0. The van der Waals surface area contributed by atoms with Gasteiger partial charge in [-0.3, -0.25) is 4.79 Å². The number of rotatable bonds is 2. The minimum Gasteiger partial charge on any atom is -0.367 e. The van der Waals surface area contributed by atoms with Crippen molar-refractivity contribution in [1.29, 1.82) is 0 Å². The summed E-state index contributed by atoms with van der Waals surface area (Å²) in [4.78, 5) is 13.2. The smallest absolute Gasteiger partial charge is 0.153 e. The van der Waals surface area contributed by atoms with Gasteiger partial charge >= 0.3 is 0 Å². The zero-order valence-electron chi connectivity index (χ0n) is 9.24. The third-order valence-corrected chi connectivity index (χ3v) is 3.25. The maximum Gasteiger partial charge on any atom is 0.153 e. The van der Waals surface area contributed by atoms with Crippen molar-refractivity contribution >= 4 is 23.6 Å². The van der Waals surface area contributed by atoms with Crippen molar-refractivity contribution in [1.82, 2.24) is 0 Å². The van der Waals surface area contributed by atoms with E-state index in [9.17, 15) is 4.79 Å². The molecule has 0 fully saturated rings. The van der Waals surface area contributed by atoms with E-state index in [1.165, 1.54) is 5.57 Å². The predicted molar refractivity (Wildman–Crippen MR) is 67.4 cm³/mol. The van der Waals surface area contributed by atoms with Gasteiger partial charge in [0.1, 0.15) is 0 Å². The third-order valence-electron chi connectivity index (χ3n) is 2.92. The average Bonchev–Trinajstić information content (AvgIpc) is 2.30. The Morgan fingerprint density at radius 1 is 1.44 bits per heavy atom. The second kappa shape index (κ2) is 4.71. The van der Waals surface area contributed by atoms with E-state index < -0.39 is 0 Å². The van der Waals surface area contributed by atoms with E-state index in [0.717, 1.165) is 31.5 Å². The summed E-state index contributed by atoms with van der Waals surface area (Å²) in [5.74, 6) is 0. The van der Waals surface area contributed by atoms with E-state index in [-0.39, 0.29) is 0 Å². The molecule has 0 aromatic heterocycles. The molecule has 3 heteroatoms. The molecule has 1 aromatic rings. The van der Waals surface area contributed by atoms with Gasteiger partial charge in [-0.05, 0) is 25.5 Å². The monoisotopic (exact) mass is 235 g/mol. The first kappa shape index (κ1) is 11.2. The summed E-state index contributed by atoms with van der Waals surface area (Å²) in [6, 6.07) is 5.58. The molecule has 16 heavy (non-hydrogen) atoms. The summed E-state index contributed by atoms with van der Waals surface area (Å²) in [5, 5.41) is 0.527. The minimum atomic E-state index is 0.527. The summed E-state index contributed by atoms with van der Waals surface area (Å²) >= 11 is 6.00. The van der Waals surface area contributed by atoms with Crippen LogP contribution in [-0.4, -0.2) is 19.4 Å². The van der Waals surface area contributed by atoms with Crippen molar-refractivity contribution < 1.29 is 4.79 Å². The maximum absolute atomic E-state index is 11.0. The van der Waals surface area contributed by atoms with Gasteiger partial charge in [0.05, 0.1) is 10.6 Å². The Bertz CT molecular complexity index is 440. The number of carbonyl (C=O) groups is 1. The van der Waals surface area contributed by atoms with Crippen LogP contribution >= 0.6 is 11.6 Å². The molecule has 0 radical (unpaired) electrons. The fourth-order valence-electron chi connectivity index (χ4n) is 1.91. The molecule has 0 unspecified atom stereocenters. The Kier molecular flexibility index (Phi) is 3.30. The van der Waals surface area contributed by atoms with Crippen molar-refractivity contribution in [2.75, 3.05) is 18.0 Å². The zero-order valence-corrected chi connectivity index (χ0v) is 10.00. The highest BCUT2D eigenvalue weighted by Gasteiger charge is 2.14. The summed E-state index contributed by atoms with van der Waals surface area (Å²) < 4.78 is 0. The van der Waals surface area contributed by atoms with E-state index in [2.05, 4.69) is 17.9 Å². The van der Waals surface area contributed by atoms with Gasteiger partial charge in [-0.15, -0.1) is 0 Å². The molecule has 2 rings (SSSR count). The highest BCUT2D eigenvalue weighted by atomic mass is 35.5. The lowest BCUT2D eigenvalue weighted by Gasteiger charge is -2.28. The van der Waals surface area contributed by atoms with Crippen LogP contribution in [0.5, 0.6) is 0 Å². The molecule has 2 nitrogen and oxygen atoms in total. The van der Waals surface area contributed by atoms with E-state index in [1.807, 2.05) is 12.1 Å². The van der Waals surface area contributed by atoms with Crippen molar-refractivity contribution in [3.8, 4) is 0 Å². The molecule has 0 aliphatic carbocycles. The third kappa shape index (κ3) is 2.12. The Labute approximate surface area is 101 Å². The predicted octanol–water partition coefficient (Wildman–Crippen LogP) is 3.31. The van der Waals surface area contributed by atoms with Gasteiger partial charge in [0.25, 0.3) is 0 Å². The molecular formula is C13H14ClNO. The van der Waals surface area contributed by atoms with Crippen LogP contribution in [-0.2, 0) is 0 Å². The van der Waals surface area contributed by atoms with Gasteiger partial charge < -0.3 is 4.90 Å². The summed E-state index contributed by atoms with van der Waals surface area (Å²) in [6.45, 7) is 3.94. The molecule has 1 heterocycles. The molecule has 0 N–H and O–H groups in total. The number of anilines is 1. The second-order valence-corrected chi connectivity index (χ2v) is 4.44. The van der Waals surface area contributed by atoms with Gasteiger partial charge in [-0.2, -0.15) is 0 Å². The van der Waals surface area contributed by atoms with Crippen LogP contribution in [0.3, 0.4) is 0 Å². The molecule has 1 aliphatic rings. The first-order chi connectivity index (χ1) is 7.72. The SMILES string of the molecule is CC1=CCN(c2cccc(Cl)c2C=O)CC1. The molecular weight excluding hydrogens is 222 g/mol. The van der Waals surface area contributed by atoms with Gasteiger partial charge in [0.2, 0.25) is 0 Å². The lowest BCUT2D eigenvalue weighted by molar-refractivity contribution is 0.112. The van der Waals surface area contributed by atoms with Crippen LogP contribution in [0.15, 0.2) is 29.8 Å². The summed E-state index contributed by atoms with van der Waals surface area (Å²) in [7, 11) is 0. The first-order valence-electron chi connectivity index (χ1n) is 5.36.